The van der Waals surface area contributed by atoms with Crippen LogP contribution in [0, 0.1) is 11.8 Å². The molecule has 0 bridgehead atoms. The van der Waals surface area contributed by atoms with Crippen LogP contribution in [0.4, 0.5) is 11.6 Å². The summed E-state index contributed by atoms with van der Waals surface area (Å²) < 4.78 is 31.5. The molecule has 10 heteroatoms. The molecule has 0 spiro atoms. The fourth-order valence-electron chi connectivity index (χ4n) is 4.10. The smallest absolute Gasteiger partial charge is 0.248 e. The first kappa shape index (κ1) is 24.2. The molecule has 0 aliphatic heterocycles. The molecule has 34 heavy (non-hydrogen) atoms. The Hall–Kier alpha value is -2.98. The Bertz CT molecular complexity index is 1260. The predicted octanol–water partition coefficient (Wildman–Crippen LogP) is 3.40. The summed E-state index contributed by atoms with van der Waals surface area (Å²) >= 11 is 0. The van der Waals surface area contributed by atoms with E-state index in [0.717, 1.165) is 22.5 Å². The lowest BCUT2D eigenvalue weighted by atomic mass is 9.94. The van der Waals surface area contributed by atoms with E-state index in [4.69, 9.17) is 10.2 Å². The third kappa shape index (κ3) is 5.39. The van der Waals surface area contributed by atoms with Gasteiger partial charge in [0, 0.05) is 18.7 Å². The van der Waals surface area contributed by atoms with Crippen LogP contribution in [0.1, 0.15) is 38.6 Å². The minimum Gasteiger partial charge on any atom is -0.419 e. The van der Waals surface area contributed by atoms with Crippen LogP contribution >= 0.6 is 0 Å². The van der Waals surface area contributed by atoms with E-state index in [0.29, 0.717) is 35.5 Å². The van der Waals surface area contributed by atoms with Crippen molar-refractivity contribution in [1.29, 1.82) is 0 Å². The van der Waals surface area contributed by atoms with Gasteiger partial charge in [-0.3, -0.25) is 4.31 Å². The number of nitrogens with one attached hydrogen (secondary N) is 1. The van der Waals surface area contributed by atoms with Crippen LogP contribution < -0.4 is 15.4 Å². The second kappa shape index (κ2) is 8.99. The fraction of sp³-hybridized carbons (Fsp3) is 0.458. The quantitative estimate of drug-likeness (QED) is 0.473. The minimum absolute atomic E-state index is 0.200. The molecule has 1 saturated carbocycles. The number of benzene rings is 1. The van der Waals surface area contributed by atoms with Crippen molar-refractivity contribution >= 4 is 21.7 Å². The first-order chi connectivity index (χ1) is 15.9. The molecule has 1 aliphatic rings. The van der Waals surface area contributed by atoms with Gasteiger partial charge in [-0.1, -0.05) is 37.3 Å². The molecule has 9 nitrogen and oxygen atoms in total. The largest absolute Gasteiger partial charge is 0.419 e. The molecule has 3 N–H and O–H groups in total. The molecule has 2 aromatic heterocycles. The zero-order valence-corrected chi connectivity index (χ0v) is 21.0. The number of nitrogens with zero attached hydrogens (tertiary/aromatic N) is 4. The van der Waals surface area contributed by atoms with Crippen LogP contribution in [0.25, 0.3) is 11.5 Å². The van der Waals surface area contributed by atoms with Crippen molar-refractivity contribution in [3.63, 3.8) is 0 Å². The highest BCUT2D eigenvalue weighted by Gasteiger charge is 2.37. The summed E-state index contributed by atoms with van der Waals surface area (Å²) in [7, 11) is -2.04. The summed E-state index contributed by atoms with van der Waals surface area (Å²) in [5.74, 6) is 2.59. The van der Waals surface area contributed by atoms with Crippen molar-refractivity contribution in [2.45, 2.75) is 45.2 Å². The Morgan fingerprint density at radius 3 is 2.56 bits per heavy atom. The number of nitrogens with two attached hydrogens (primary N) is 1. The number of hydrogen-bond donors (Lipinski definition) is 2. The van der Waals surface area contributed by atoms with E-state index in [1.807, 2.05) is 37.3 Å². The van der Waals surface area contributed by atoms with Crippen molar-refractivity contribution in [2.24, 2.45) is 17.6 Å². The van der Waals surface area contributed by atoms with E-state index < -0.39 is 15.6 Å². The fourth-order valence-corrected chi connectivity index (χ4v) is 4.53. The van der Waals surface area contributed by atoms with Crippen LogP contribution in [0.3, 0.4) is 0 Å². The van der Waals surface area contributed by atoms with Crippen molar-refractivity contribution in [3.05, 3.63) is 53.9 Å². The summed E-state index contributed by atoms with van der Waals surface area (Å²) in [6, 6.07) is 13.5. The van der Waals surface area contributed by atoms with Gasteiger partial charge >= 0.3 is 0 Å². The van der Waals surface area contributed by atoms with Crippen molar-refractivity contribution in [3.8, 4) is 11.5 Å². The molecule has 3 aromatic rings. The second-order valence-corrected chi connectivity index (χ2v) is 11.6. The molecule has 0 saturated heterocycles. The number of aromatic nitrogens is 3. The molecule has 1 aliphatic carbocycles. The Labute approximate surface area is 200 Å². The van der Waals surface area contributed by atoms with E-state index in [1.165, 1.54) is 7.05 Å². The van der Waals surface area contributed by atoms with Gasteiger partial charge in [-0.2, -0.15) is 0 Å². The SMILES string of the molecule is C[C@H]1C[C@@H]1[C@@H](C)Nc1cc(-c2nnc([C@](C)(N)Cc3ccccc3)o2)cc(N(C)S(C)(=O)=O)n1. The summed E-state index contributed by atoms with van der Waals surface area (Å²) in [4.78, 5) is 4.53. The molecular weight excluding hydrogens is 452 g/mol. The lowest BCUT2D eigenvalue weighted by Gasteiger charge is -2.20. The standard InChI is InChI=1S/C24H32N6O3S/c1-15-11-19(15)16(2)26-20-12-18(13-21(27-20)30(4)34(5,31)32)22-28-29-23(33-22)24(3,25)14-17-9-7-6-8-10-17/h6-10,12-13,15-16,19H,11,14,25H2,1-5H3,(H,26,27)/t15-,16+,19-,24+/m0/s1. The topological polar surface area (TPSA) is 127 Å². The molecule has 0 radical (unpaired) electrons. The normalized spacial score (nSPS) is 20.4. The second-order valence-electron chi connectivity index (χ2n) is 9.63. The molecule has 2 heterocycles. The minimum atomic E-state index is -3.51. The monoisotopic (exact) mass is 484 g/mol. The molecule has 182 valence electrons. The van der Waals surface area contributed by atoms with Crippen molar-refractivity contribution in [2.75, 3.05) is 22.9 Å². The highest BCUT2D eigenvalue weighted by atomic mass is 32.2. The van der Waals surface area contributed by atoms with E-state index in [1.54, 1.807) is 12.1 Å². The number of anilines is 2. The first-order valence-electron chi connectivity index (χ1n) is 11.3. The van der Waals surface area contributed by atoms with Crippen LogP contribution in [-0.2, 0) is 22.0 Å². The molecule has 4 rings (SSSR count). The summed E-state index contributed by atoms with van der Waals surface area (Å²) in [5.41, 5.74) is 7.29. The van der Waals surface area contributed by atoms with Crippen LogP contribution in [0.2, 0.25) is 0 Å². The van der Waals surface area contributed by atoms with Crippen LogP contribution in [-0.4, -0.2) is 42.9 Å². The molecular formula is C24H32N6O3S. The van der Waals surface area contributed by atoms with Gasteiger partial charge in [-0.25, -0.2) is 13.4 Å². The average molecular weight is 485 g/mol. The maximum atomic E-state index is 12.2. The molecule has 1 aromatic carbocycles. The van der Waals surface area contributed by atoms with Gasteiger partial charge in [-0.15, -0.1) is 10.2 Å². The van der Waals surface area contributed by atoms with E-state index >= 15 is 0 Å². The maximum absolute atomic E-state index is 12.2. The number of pyridine rings is 1. The van der Waals surface area contributed by atoms with E-state index in [-0.39, 0.29) is 17.8 Å². The maximum Gasteiger partial charge on any atom is 0.248 e. The van der Waals surface area contributed by atoms with Crippen molar-refractivity contribution < 1.29 is 12.8 Å². The van der Waals surface area contributed by atoms with Crippen LogP contribution in [0.5, 0.6) is 0 Å². The number of sulfonamides is 1. The summed E-state index contributed by atoms with van der Waals surface area (Å²) in [6.45, 7) is 6.17. The number of hydrogen-bond acceptors (Lipinski definition) is 8. The van der Waals surface area contributed by atoms with Crippen LogP contribution in [0.15, 0.2) is 46.9 Å². The molecule has 0 amide bonds. The molecule has 4 atom stereocenters. The Morgan fingerprint density at radius 1 is 1.26 bits per heavy atom. The highest BCUT2D eigenvalue weighted by Crippen LogP contribution is 2.41. The average Bonchev–Trinajstić information content (AvgIpc) is 3.29. The van der Waals surface area contributed by atoms with Gasteiger partial charge in [0.05, 0.1) is 11.8 Å². The van der Waals surface area contributed by atoms with Gasteiger partial charge in [0.1, 0.15) is 11.6 Å². The highest BCUT2D eigenvalue weighted by molar-refractivity contribution is 7.92. The van der Waals surface area contributed by atoms with Gasteiger partial charge in [-0.05, 0) is 56.2 Å². The van der Waals surface area contributed by atoms with Gasteiger partial charge in [0.15, 0.2) is 0 Å². The van der Waals surface area contributed by atoms with Crippen molar-refractivity contribution in [1.82, 2.24) is 15.2 Å². The third-order valence-corrected chi connectivity index (χ3v) is 7.58. The zero-order valence-electron chi connectivity index (χ0n) is 20.2. The first-order valence-corrected chi connectivity index (χ1v) is 13.2. The summed E-state index contributed by atoms with van der Waals surface area (Å²) in [6.07, 6.45) is 2.82. The molecule has 1 fully saturated rings. The Morgan fingerprint density at radius 2 is 1.94 bits per heavy atom. The van der Waals surface area contributed by atoms with E-state index in [9.17, 15) is 8.42 Å². The third-order valence-electron chi connectivity index (χ3n) is 6.40. The lowest BCUT2D eigenvalue weighted by Crippen LogP contribution is -2.35. The lowest BCUT2D eigenvalue weighted by molar-refractivity contribution is 0.355. The Balaban J connectivity index is 1.66. The van der Waals surface area contributed by atoms with Gasteiger partial charge in [0.25, 0.3) is 0 Å². The van der Waals surface area contributed by atoms with Gasteiger partial charge in [0.2, 0.25) is 21.8 Å². The van der Waals surface area contributed by atoms with Gasteiger partial charge < -0.3 is 15.5 Å². The predicted molar refractivity (Wildman–Crippen MR) is 133 cm³/mol. The number of rotatable bonds is 9. The Kier molecular flexibility index (Phi) is 6.39. The molecule has 0 unspecified atom stereocenters. The summed E-state index contributed by atoms with van der Waals surface area (Å²) in [5, 5.41) is 11.8. The van der Waals surface area contributed by atoms with E-state index in [2.05, 4.69) is 34.3 Å². The zero-order chi connectivity index (χ0) is 24.7.